The van der Waals surface area contributed by atoms with Gasteiger partial charge in [0.2, 0.25) is 0 Å². The topological polar surface area (TPSA) is 20.2 Å². The van der Waals surface area contributed by atoms with Gasteiger partial charge in [-0.15, -0.1) is 11.3 Å². The molecule has 0 bridgehead atoms. The van der Waals surface area contributed by atoms with Gasteiger partial charge in [-0.1, -0.05) is 60.7 Å². The summed E-state index contributed by atoms with van der Waals surface area (Å²) in [7, 11) is 0. The summed E-state index contributed by atoms with van der Waals surface area (Å²) in [6.07, 6.45) is 0. The average molecular weight is 302 g/mol. The van der Waals surface area contributed by atoms with Gasteiger partial charge in [-0.3, -0.25) is 0 Å². The maximum absolute atomic E-state index is 9.89. The lowest BCUT2D eigenvalue weighted by Gasteiger charge is -2.05. The molecule has 0 aliphatic heterocycles. The Labute approximate surface area is 133 Å². The first-order chi connectivity index (χ1) is 10.8. The number of aromatic hydroxyl groups is 1. The molecule has 1 N–H and O–H groups in total. The predicted molar refractivity (Wildman–Crippen MR) is 94.4 cm³/mol. The van der Waals surface area contributed by atoms with Crippen LogP contribution in [-0.4, -0.2) is 5.11 Å². The SMILES string of the molecule is Oc1ccc2sc(-c3ccccc3)c(-c3ccccc3)c2c1. The Kier molecular flexibility index (Phi) is 3.17. The van der Waals surface area contributed by atoms with Gasteiger partial charge in [0.15, 0.2) is 0 Å². The first kappa shape index (κ1) is 13.1. The van der Waals surface area contributed by atoms with Crippen molar-refractivity contribution in [3.8, 4) is 27.3 Å². The molecule has 4 rings (SSSR count). The van der Waals surface area contributed by atoms with Crippen molar-refractivity contribution in [2.45, 2.75) is 0 Å². The van der Waals surface area contributed by atoms with E-state index in [-0.39, 0.29) is 0 Å². The van der Waals surface area contributed by atoms with E-state index < -0.39 is 0 Å². The quantitative estimate of drug-likeness (QED) is 0.486. The monoisotopic (exact) mass is 302 g/mol. The molecule has 22 heavy (non-hydrogen) atoms. The van der Waals surface area contributed by atoms with Crippen molar-refractivity contribution in [2.75, 3.05) is 0 Å². The summed E-state index contributed by atoms with van der Waals surface area (Å²) in [5.41, 5.74) is 3.59. The van der Waals surface area contributed by atoms with Crippen LogP contribution in [0.2, 0.25) is 0 Å². The van der Waals surface area contributed by atoms with Crippen molar-refractivity contribution in [1.82, 2.24) is 0 Å². The summed E-state index contributed by atoms with van der Waals surface area (Å²) in [5.74, 6) is 0.307. The van der Waals surface area contributed by atoms with Crippen LogP contribution in [0.25, 0.3) is 31.7 Å². The van der Waals surface area contributed by atoms with Crippen LogP contribution in [0.3, 0.4) is 0 Å². The van der Waals surface area contributed by atoms with E-state index in [9.17, 15) is 5.11 Å². The van der Waals surface area contributed by atoms with Gasteiger partial charge in [0, 0.05) is 20.5 Å². The zero-order valence-corrected chi connectivity index (χ0v) is 12.7. The van der Waals surface area contributed by atoms with E-state index in [4.69, 9.17) is 0 Å². The Morgan fingerprint density at radius 1 is 0.682 bits per heavy atom. The van der Waals surface area contributed by atoms with E-state index in [0.29, 0.717) is 5.75 Å². The maximum atomic E-state index is 9.89. The number of phenolic OH excluding ortho intramolecular Hbond substituents is 1. The molecule has 2 heteroatoms. The molecule has 0 unspecified atom stereocenters. The van der Waals surface area contributed by atoms with E-state index in [1.165, 1.54) is 26.3 Å². The fourth-order valence-electron chi connectivity index (χ4n) is 2.77. The molecule has 0 saturated carbocycles. The van der Waals surface area contributed by atoms with Crippen LogP contribution in [0.1, 0.15) is 0 Å². The highest BCUT2D eigenvalue weighted by Crippen LogP contribution is 2.45. The summed E-state index contributed by atoms with van der Waals surface area (Å²) < 4.78 is 1.19. The highest BCUT2D eigenvalue weighted by Gasteiger charge is 2.15. The number of benzene rings is 3. The van der Waals surface area contributed by atoms with Crippen LogP contribution in [0, 0.1) is 0 Å². The maximum Gasteiger partial charge on any atom is 0.116 e. The molecular weight excluding hydrogens is 288 g/mol. The van der Waals surface area contributed by atoms with Crippen LogP contribution in [-0.2, 0) is 0 Å². The number of fused-ring (bicyclic) bond motifs is 1. The van der Waals surface area contributed by atoms with Crippen LogP contribution >= 0.6 is 11.3 Å². The fourth-order valence-corrected chi connectivity index (χ4v) is 3.98. The van der Waals surface area contributed by atoms with Crippen molar-refractivity contribution < 1.29 is 5.11 Å². The largest absolute Gasteiger partial charge is 0.508 e. The first-order valence-electron chi connectivity index (χ1n) is 7.19. The number of hydrogen-bond donors (Lipinski definition) is 1. The molecule has 0 amide bonds. The van der Waals surface area contributed by atoms with Gasteiger partial charge in [0.25, 0.3) is 0 Å². The Bertz CT molecular complexity index is 924. The number of hydrogen-bond acceptors (Lipinski definition) is 2. The van der Waals surface area contributed by atoms with Crippen molar-refractivity contribution in [3.05, 3.63) is 78.9 Å². The summed E-state index contributed by atoms with van der Waals surface area (Å²) in [5, 5.41) is 11.0. The van der Waals surface area contributed by atoms with Crippen molar-refractivity contribution >= 4 is 21.4 Å². The van der Waals surface area contributed by atoms with Gasteiger partial charge >= 0.3 is 0 Å². The molecule has 1 heterocycles. The summed E-state index contributed by atoms with van der Waals surface area (Å²) in [6.45, 7) is 0. The van der Waals surface area contributed by atoms with Crippen molar-refractivity contribution in [3.63, 3.8) is 0 Å². The molecule has 0 radical (unpaired) electrons. The third-order valence-electron chi connectivity index (χ3n) is 3.77. The van der Waals surface area contributed by atoms with Crippen LogP contribution < -0.4 is 0 Å². The van der Waals surface area contributed by atoms with E-state index in [2.05, 4.69) is 48.5 Å². The second-order valence-corrected chi connectivity index (χ2v) is 6.27. The van der Waals surface area contributed by atoms with E-state index >= 15 is 0 Å². The third-order valence-corrected chi connectivity index (χ3v) is 4.99. The lowest BCUT2D eigenvalue weighted by Crippen LogP contribution is -1.80. The number of thiophene rings is 1. The number of rotatable bonds is 2. The molecule has 0 atom stereocenters. The molecule has 1 aromatic heterocycles. The van der Waals surface area contributed by atoms with E-state index in [1.807, 2.05) is 24.3 Å². The van der Waals surface area contributed by atoms with Crippen LogP contribution in [0.4, 0.5) is 0 Å². The molecule has 0 fully saturated rings. The van der Waals surface area contributed by atoms with Gasteiger partial charge in [-0.2, -0.15) is 0 Å². The molecule has 3 aromatic carbocycles. The standard InChI is InChI=1S/C20H14OS/c21-16-11-12-18-17(13-16)19(14-7-3-1-4-8-14)20(22-18)15-9-5-2-6-10-15/h1-13,21H. The Morgan fingerprint density at radius 3 is 2.00 bits per heavy atom. The molecule has 0 aliphatic rings. The average Bonchev–Trinajstić information content (AvgIpc) is 2.95. The second kappa shape index (κ2) is 5.32. The molecular formula is C20H14OS. The smallest absolute Gasteiger partial charge is 0.116 e. The normalized spacial score (nSPS) is 10.9. The molecule has 1 nitrogen and oxygen atoms in total. The third kappa shape index (κ3) is 2.18. The summed E-state index contributed by atoms with van der Waals surface area (Å²) in [4.78, 5) is 1.24. The van der Waals surface area contributed by atoms with Gasteiger partial charge in [0.05, 0.1) is 0 Å². The predicted octanol–water partition coefficient (Wildman–Crippen LogP) is 5.94. The zero-order chi connectivity index (χ0) is 14.9. The van der Waals surface area contributed by atoms with Crippen molar-refractivity contribution in [1.29, 1.82) is 0 Å². The van der Waals surface area contributed by atoms with E-state index in [1.54, 1.807) is 17.4 Å². The highest BCUT2D eigenvalue weighted by atomic mass is 32.1. The Hall–Kier alpha value is -2.58. The first-order valence-corrected chi connectivity index (χ1v) is 8.01. The molecule has 4 aromatic rings. The second-order valence-electron chi connectivity index (χ2n) is 5.22. The molecule has 106 valence electrons. The zero-order valence-electron chi connectivity index (χ0n) is 11.9. The lowest BCUT2D eigenvalue weighted by atomic mass is 9.99. The van der Waals surface area contributed by atoms with Gasteiger partial charge < -0.3 is 5.11 Å². The minimum absolute atomic E-state index is 0.307. The van der Waals surface area contributed by atoms with Gasteiger partial charge in [-0.25, -0.2) is 0 Å². The summed E-state index contributed by atoms with van der Waals surface area (Å²) in [6, 6.07) is 26.4. The summed E-state index contributed by atoms with van der Waals surface area (Å²) >= 11 is 1.77. The van der Waals surface area contributed by atoms with Crippen LogP contribution in [0.15, 0.2) is 78.9 Å². The molecule has 0 saturated heterocycles. The molecule has 0 spiro atoms. The molecule has 0 aliphatic carbocycles. The Morgan fingerprint density at radius 2 is 1.32 bits per heavy atom. The van der Waals surface area contributed by atoms with Gasteiger partial charge in [0.1, 0.15) is 5.75 Å². The Balaban J connectivity index is 2.08. The fraction of sp³-hybridized carbons (Fsp3) is 0. The highest BCUT2D eigenvalue weighted by molar-refractivity contribution is 7.23. The minimum Gasteiger partial charge on any atom is -0.508 e. The minimum atomic E-state index is 0.307. The van der Waals surface area contributed by atoms with Gasteiger partial charge in [-0.05, 0) is 29.3 Å². The van der Waals surface area contributed by atoms with Crippen molar-refractivity contribution in [2.24, 2.45) is 0 Å². The number of phenols is 1. The lowest BCUT2D eigenvalue weighted by molar-refractivity contribution is 0.476. The van der Waals surface area contributed by atoms with Crippen LogP contribution in [0.5, 0.6) is 5.75 Å². The van der Waals surface area contributed by atoms with E-state index in [0.717, 1.165) is 5.39 Å².